The second kappa shape index (κ2) is 7.67. The van der Waals surface area contributed by atoms with Crippen LogP contribution in [0.1, 0.15) is 52.1 Å². The van der Waals surface area contributed by atoms with E-state index in [2.05, 4.69) is 15.4 Å². The molecule has 0 bridgehead atoms. The van der Waals surface area contributed by atoms with Gasteiger partial charge in [-0.25, -0.2) is 0 Å². The van der Waals surface area contributed by atoms with Crippen molar-refractivity contribution >= 4 is 17.6 Å². The van der Waals surface area contributed by atoms with Crippen molar-refractivity contribution in [3.63, 3.8) is 0 Å². The van der Waals surface area contributed by atoms with Gasteiger partial charge in [-0.1, -0.05) is 17.7 Å². The zero-order chi connectivity index (χ0) is 19.5. The Morgan fingerprint density at radius 2 is 1.73 bits per heavy atom. The predicted molar refractivity (Wildman–Crippen MR) is 88.8 cm³/mol. The van der Waals surface area contributed by atoms with Gasteiger partial charge in [0.2, 0.25) is 17.7 Å². The average molecular weight is 368 g/mol. The number of carbonyl (C=O) groups is 2. The first-order chi connectivity index (χ1) is 12.1. The molecule has 0 atom stereocenters. The summed E-state index contributed by atoms with van der Waals surface area (Å²) in [5.74, 6) is -2.35. The van der Waals surface area contributed by atoms with E-state index >= 15 is 0 Å². The van der Waals surface area contributed by atoms with Gasteiger partial charge in [0.25, 0.3) is 0 Å². The number of benzene rings is 1. The Bertz CT molecular complexity index is 805. The fraction of sp³-hybridized carbons (Fsp3) is 0.412. The zero-order valence-corrected chi connectivity index (χ0v) is 14.6. The number of Topliss-reactive ketones (excluding diaryl/α,β-unsaturated/α-hetero) is 1. The minimum absolute atomic E-state index is 0.0222. The number of aromatic nitrogens is 3. The van der Waals surface area contributed by atoms with Gasteiger partial charge < -0.3 is 0 Å². The van der Waals surface area contributed by atoms with E-state index in [9.17, 15) is 22.8 Å². The number of anilines is 1. The lowest BCUT2D eigenvalue weighted by atomic mass is 9.94. The number of ketones is 1. The molecule has 0 saturated carbocycles. The van der Waals surface area contributed by atoms with E-state index in [4.69, 9.17) is 0 Å². The first-order valence-corrected chi connectivity index (χ1v) is 7.98. The number of hydrogen-bond acceptors (Lipinski definition) is 4. The predicted octanol–water partition coefficient (Wildman–Crippen LogP) is 3.74. The summed E-state index contributed by atoms with van der Waals surface area (Å²) in [4.78, 5) is 27.3. The van der Waals surface area contributed by atoms with Crippen LogP contribution >= 0.6 is 0 Å². The number of carbonyl (C=O) groups excluding carboxylic acids is 2. The molecule has 0 unspecified atom stereocenters. The van der Waals surface area contributed by atoms with Crippen LogP contribution in [0.3, 0.4) is 0 Å². The Labute approximate surface area is 148 Å². The van der Waals surface area contributed by atoms with Gasteiger partial charge in [0, 0.05) is 18.4 Å². The van der Waals surface area contributed by atoms with Crippen molar-refractivity contribution in [2.45, 2.75) is 46.2 Å². The fourth-order valence-corrected chi connectivity index (χ4v) is 2.79. The summed E-state index contributed by atoms with van der Waals surface area (Å²) >= 11 is 0. The van der Waals surface area contributed by atoms with Gasteiger partial charge in [0.1, 0.15) is 0 Å². The minimum Gasteiger partial charge on any atom is -0.294 e. The summed E-state index contributed by atoms with van der Waals surface area (Å²) < 4.78 is 37.2. The van der Waals surface area contributed by atoms with E-state index < -0.39 is 23.9 Å². The molecule has 2 aromatic rings. The smallest absolute Gasteiger partial charge is 0.294 e. The van der Waals surface area contributed by atoms with Crippen LogP contribution < -0.4 is 5.32 Å². The van der Waals surface area contributed by atoms with E-state index in [1.807, 2.05) is 32.9 Å². The first kappa shape index (κ1) is 19.6. The molecule has 26 heavy (non-hydrogen) atoms. The van der Waals surface area contributed by atoms with Crippen molar-refractivity contribution in [1.29, 1.82) is 0 Å². The van der Waals surface area contributed by atoms with Gasteiger partial charge in [-0.05, 0) is 38.3 Å². The van der Waals surface area contributed by atoms with Gasteiger partial charge >= 0.3 is 6.18 Å². The molecule has 140 valence electrons. The summed E-state index contributed by atoms with van der Waals surface area (Å²) in [6.07, 6.45) is -4.24. The van der Waals surface area contributed by atoms with Crippen LogP contribution in [0, 0.1) is 20.8 Å². The molecule has 1 aromatic carbocycles. The monoisotopic (exact) mass is 368 g/mol. The lowest BCUT2D eigenvalue weighted by Gasteiger charge is -2.10. The highest BCUT2D eigenvalue weighted by molar-refractivity contribution is 5.99. The lowest BCUT2D eigenvalue weighted by molar-refractivity contribution is -0.144. The van der Waals surface area contributed by atoms with E-state index in [0.29, 0.717) is 5.56 Å². The third-order valence-electron chi connectivity index (χ3n) is 3.77. The number of aromatic amines is 1. The maximum atomic E-state index is 12.4. The molecule has 0 aliphatic heterocycles. The SMILES string of the molecule is Cc1cc(C)c(C(=O)CCCC(=O)Nc2n[nH]c(C(F)(F)F)n2)c(C)c1. The quantitative estimate of drug-likeness (QED) is 0.761. The molecular weight excluding hydrogens is 349 g/mol. The maximum absolute atomic E-state index is 12.4. The molecule has 0 aliphatic rings. The highest BCUT2D eigenvalue weighted by Gasteiger charge is 2.35. The molecular formula is C17H19F3N4O2. The third kappa shape index (κ3) is 4.90. The van der Waals surface area contributed by atoms with Crippen molar-refractivity contribution in [3.8, 4) is 0 Å². The molecule has 2 rings (SSSR count). The van der Waals surface area contributed by atoms with Crippen LogP contribution in [-0.2, 0) is 11.0 Å². The molecule has 0 fully saturated rings. The third-order valence-corrected chi connectivity index (χ3v) is 3.77. The van der Waals surface area contributed by atoms with Crippen molar-refractivity contribution in [1.82, 2.24) is 15.2 Å². The number of halogens is 3. The number of nitrogens with zero attached hydrogens (tertiary/aromatic N) is 2. The van der Waals surface area contributed by atoms with Gasteiger partial charge in [-0.3, -0.25) is 20.0 Å². The summed E-state index contributed by atoms with van der Waals surface area (Å²) in [5, 5.41) is 7.17. The van der Waals surface area contributed by atoms with Crippen molar-refractivity contribution < 1.29 is 22.8 Å². The van der Waals surface area contributed by atoms with Crippen molar-refractivity contribution in [2.24, 2.45) is 0 Å². The number of amides is 1. The molecule has 6 nitrogen and oxygen atoms in total. The molecule has 0 saturated heterocycles. The zero-order valence-electron chi connectivity index (χ0n) is 14.6. The maximum Gasteiger partial charge on any atom is 0.451 e. The van der Waals surface area contributed by atoms with Gasteiger partial charge in [-0.2, -0.15) is 18.2 Å². The molecule has 1 amide bonds. The Kier molecular flexibility index (Phi) is 5.79. The summed E-state index contributed by atoms with van der Waals surface area (Å²) in [5.41, 5.74) is 3.50. The largest absolute Gasteiger partial charge is 0.451 e. The normalized spacial score (nSPS) is 11.5. The van der Waals surface area contributed by atoms with Gasteiger partial charge in [0.05, 0.1) is 0 Å². The Balaban J connectivity index is 1.87. The molecule has 0 spiro atoms. The second-order valence-electron chi connectivity index (χ2n) is 6.10. The summed E-state index contributed by atoms with van der Waals surface area (Å²) in [6.45, 7) is 5.68. The number of rotatable bonds is 6. The molecule has 2 N–H and O–H groups in total. The Morgan fingerprint density at radius 3 is 2.27 bits per heavy atom. The molecule has 1 aromatic heterocycles. The van der Waals surface area contributed by atoms with Crippen molar-refractivity contribution in [3.05, 3.63) is 40.2 Å². The lowest BCUT2D eigenvalue weighted by Crippen LogP contribution is -2.14. The minimum atomic E-state index is -4.66. The number of H-pyrrole nitrogens is 1. The molecule has 0 aliphatic carbocycles. The molecule has 9 heteroatoms. The number of hydrogen-bond donors (Lipinski definition) is 2. The topological polar surface area (TPSA) is 87.7 Å². The first-order valence-electron chi connectivity index (χ1n) is 7.98. The van der Waals surface area contributed by atoms with E-state index in [1.54, 1.807) is 5.10 Å². The number of nitrogens with one attached hydrogen (secondary N) is 2. The average Bonchev–Trinajstić information content (AvgIpc) is 2.94. The van der Waals surface area contributed by atoms with Crippen LogP contribution in [0.25, 0.3) is 0 Å². The highest BCUT2D eigenvalue weighted by Crippen LogP contribution is 2.26. The van der Waals surface area contributed by atoms with Crippen LogP contribution in [0.15, 0.2) is 12.1 Å². The van der Waals surface area contributed by atoms with E-state index in [1.165, 1.54) is 0 Å². The van der Waals surface area contributed by atoms with E-state index in [0.717, 1.165) is 16.7 Å². The molecule has 1 heterocycles. The number of alkyl halides is 3. The molecule has 0 radical (unpaired) electrons. The van der Waals surface area contributed by atoms with Crippen LogP contribution in [-0.4, -0.2) is 26.9 Å². The number of aryl methyl sites for hydroxylation is 3. The Morgan fingerprint density at radius 1 is 1.12 bits per heavy atom. The fourth-order valence-electron chi connectivity index (χ4n) is 2.79. The Hall–Kier alpha value is -2.71. The summed E-state index contributed by atoms with van der Waals surface area (Å²) in [6, 6.07) is 3.85. The summed E-state index contributed by atoms with van der Waals surface area (Å²) in [7, 11) is 0. The van der Waals surface area contributed by atoms with E-state index in [-0.39, 0.29) is 25.0 Å². The highest BCUT2D eigenvalue weighted by atomic mass is 19.4. The second-order valence-corrected chi connectivity index (χ2v) is 6.10. The van der Waals surface area contributed by atoms with Crippen molar-refractivity contribution in [2.75, 3.05) is 5.32 Å². The van der Waals surface area contributed by atoms with Gasteiger partial charge in [-0.15, -0.1) is 5.10 Å². The standard InChI is InChI=1S/C17H19F3N4O2/c1-9-7-10(2)14(11(3)8-9)12(25)5-4-6-13(26)21-16-22-15(23-24-16)17(18,19)20/h7-8H,4-6H2,1-3H3,(H2,21,22,23,24,26). The van der Waals surface area contributed by atoms with Gasteiger partial charge in [0.15, 0.2) is 5.78 Å². The van der Waals surface area contributed by atoms with Crippen LogP contribution in [0.5, 0.6) is 0 Å². The van der Waals surface area contributed by atoms with Crippen LogP contribution in [0.2, 0.25) is 0 Å². The van der Waals surface area contributed by atoms with Crippen LogP contribution in [0.4, 0.5) is 19.1 Å².